The number of allylic oxidation sites excluding steroid dienone is 4. The summed E-state index contributed by atoms with van der Waals surface area (Å²) in [6.45, 7) is 1.98. The van der Waals surface area contributed by atoms with Crippen LogP contribution in [0.4, 0.5) is 0 Å². The first-order valence-electron chi connectivity index (χ1n) is 4.86. The Kier molecular flexibility index (Phi) is 2.62. The minimum absolute atomic E-state index is 0.779. The van der Waals surface area contributed by atoms with Crippen LogP contribution >= 0.6 is 0 Å². The molecular formula is C11H16O. The first-order chi connectivity index (χ1) is 5.95. The van der Waals surface area contributed by atoms with E-state index in [2.05, 4.69) is 24.3 Å². The van der Waals surface area contributed by atoms with E-state index in [-0.39, 0.29) is 0 Å². The van der Waals surface area contributed by atoms with Crippen molar-refractivity contribution in [2.75, 3.05) is 13.2 Å². The fourth-order valence-corrected chi connectivity index (χ4v) is 2.00. The SMILES string of the molecule is C1=CCC(CC2CCOC2)C=C1. The highest BCUT2D eigenvalue weighted by Gasteiger charge is 2.19. The maximum atomic E-state index is 5.36. The molecule has 1 heterocycles. The molecular weight excluding hydrogens is 148 g/mol. The fraction of sp³-hybridized carbons (Fsp3) is 0.636. The van der Waals surface area contributed by atoms with Crippen molar-refractivity contribution >= 4 is 0 Å². The zero-order valence-electron chi connectivity index (χ0n) is 7.41. The van der Waals surface area contributed by atoms with Gasteiger partial charge in [-0.15, -0.1) is 0 Å². The summed E-state index contributed by atoms with van der Waals surface area (Å²) in [5.74, 6) is 1.60. The molecule has 0 amide bonds. The lowest BCUT2D eigenvalue weighted by Crippen LogP contribution is -2.07. The van der Waals surface area contributed by atoms with Gasteiger partial charge in [-0.05, 0) is 31.1 Å². The molecule has 1 heteroatoms. The Bertz CT molecular complexity index is 187. The topological polar surface area (TPSA) is 9.23 Å². The molecule has 0 spiro atoms. The highest BCUT2D eigenvalue weighted by atomic mass is 16.5. The van der Waals surface area contributed by atoms with Gasteiger partial charge in [0.25, 0.3) is 0 Å². The molecule has 0 aromatic heterocycles. The molecule has 0 N–H and O–H groups in total. The van der Waals surface area contributed by atoms with Crippen molar-refractivity contribution in [3.05, 3.63) is 24.3 Å². The average molecular weight is 164 g/mol. The molecule has 0 saturated carbocycles. The van der Waals surface area contributed by atoms with E-state index in [0.29, 0.717) is 0 Å². The van der Waals surface area contributed by atoms with Crippen molar-refractivity contribution < 1.29 is 4.74 Å². The predicted molar refractivity (Wildman–Crippen MR) is 49.9 cm³/mol. The molecule has 1 saturated heterocycles. The summed E-state index contributed by atoms with van der Waals surface area (Å²) in [7, 11) is 0. The van der Waals surface area contributed by atoms with E-state index in [9.17, 15) is 0 Å². The van der Waals surface area contributed by atoms with Crippen LogP contribution in [-0.2, 0) is 4.74 Å². The van der Waals surface area contributed by atoms with Gasteiger partial charge in [0.05, 0.1) is 0 Å². The number of rotatable bonds is 2. The van der Waals surface area contributed by atoms with Crippen LogP contribution in [0.3, 0.4) is 0 Å². The van der Waals surface area contributed by atoms with Gasteiger partial charge in [0.15, 0.2) is 0 Å². The second-order valence-corrected chi connectivity index (χ2v) is 3.77. The molecule has 1 aliphatic heterocycles. The van der Waals surface area contributed by atoms with Crippen molar-refractivity contribution in [3.8, 4) is 0 Å². The Hall–Kier alpha value is -0.560. The third kappa shape index (κ3) is 1.98. The van der Waals surface area contributed by atoms with Crippen molar-refractivity contribution in [1.82, 2.24) is 0 Å². The first kappa shape index (κ1) is 8.06. The number of hydrogen-bond acceptors (Lipinski definition) is 1. The lowest BCUT2D eigenvalue weighted by atomic mass is 9.89. The second kappa shape index (κ2) is 3.90. The lowest BCUT2D eigenvalue weighted by Gasteiger charge is -2.16. The summed E-state index contributed by atoms with van der Waals surface area (Å²) >= 11 is 0. The van der Waals surface area contributed by atoms with Crippen molar-refractivity contribution in [2.24, 2.45) is 11.8 Å². The molecule has 1 nitrogen and oxygen atoms in total. The highest BCUT2D eigenvalue weighted by Crippen LogP contribution is 2.25. The molecule has 1 aliphatic carbocycles. The van der Waals surface area contributed by atoms with Gasteiger partial charge in [0.2, 0.25) is 0 Å². The lowest BCUT2D eigenvalue weighted by molar-refractivity contribution is 0.181. The molecule has 2 aliphatic rings. The Labute approximate surface area is 74.1 Å². The minimum atomic E-state index is 0.779. The van der Waals surface area contributed by atoms with Gasteiger partial charge in [-0.25, -0.2) is 0 Å². The molecule has 0 bridgehead atoms. The first-order valence-corrected chi connectivity index (χ1v) is 4.86. The molecule has 1 fully saturated rings. The van der Waals surface area contributed by atoms with E-state index in [1.165, 1.54) is 19.3 Å². The van der Waals surface area contributed by atoms with Crippen LogP contribution in [0.2, 0.25) is 0 Å². The van der Waals surface area contributed by atoms with Gasteiger partial charge >= 0.3 is 0 Å². The van der Waals surface area contributed by atoms with Crippen LogP contribution in [0.1, 0.15) is 19.3 Å². The van der Waals surface area contributed by atoms with Crippen LogP contribution in [0.15, 0.2) is 24.3 Å². The zero-order chi connectivity index (χ0) is 8.23. The van der Waals surface area contributed by atoms with Crippen LogP contribution in [0.25, 0.3) is 0 Å². The predicted octanol–water partition coefficient (Wildman–Crippen LogP) is 2.55. The average Bonchev–Trinajstić information content (AvgIpc) is 2.59. The van der Waals surface area contributed by atoms with Gasteiger partial charge in [-0.2, -0.15) is 0 Å². The largest absolute Gasteiger partial charge is 0.381 e. The van der Waals surface area contributed by atoms with E-state index in [0.717, 1.165) is 25.0 Å². The summed E-state index contributed by atoms with van der Waals surface area (Å²) < 4.78 is 5.36. The molecule has 2 atom stereocenters. The van der Waals surface area contributed by atoms with E-state index in [1.807, 2.05) is 0 Å². The van der Waals surface area contributed by atoms with E-state index >= 15 is 0 Å². The molecule has 12 heavy (non-hydrogen) atoms. The Morgan fingerprint density at radius 2 is 2.33 bits per heavy atom. The fourth-order valence-electron chi connectivity index (χ4n) is 2.00. The summed E-state index contributed by atoms with van der Waals surface area (Å²) in [5.41, 5.74) is 0. The summed E-state index contributed by atoms with van der Waals surface area (Å²) in [4.78, 5) is 0. The molecule has 0 radical (unpaired) electrons. The quantitative estimate of drug-likeness (QED) is 0.609. The third-order valence-corrected chi connectivity index (χ3v) is 2.73. The van der Waals surface area contributed by atoms with E-state index < -0.39 is 0 Å². The molecule has 0 aromatic rings. The van der Waals surface area contributed by atoms with Crippen molar-refractivity contribution in [3.63, 3.8) is 0 Å². The summed E-state index contributed by atoms with van der Waals surface area (Å²) in [6.07, 6.45) is 12.7. The Morgan fingerprint density at radius 3 is 3.00 bits per heavy atom. The Morgan fingerprint density at radius 1 is 1.33 bits per heavy atom. The molecule has 2 rings (SSSR count). The van der Waals surface area contributed by atoms with Gasteiger partial charge in [-0.1, -0.05) is 24.3 Å². The van der Waals surface area contributed by atoms with Crippen LogP contribution < -0.4 is 0 Å². The molecule has 0 aromatic carbocycles. The smallest absolute Gasteiger partial charge is 0.0495 e. The third-order valence-electron chi connectivity index (χ3n) is 2.73. The Balaban J connectivity index is 1.78. The van der Waals surface area contributed by atoms with Gasteiger partial charge < -0.3 is 4.74 Å². The van der Waals surface area contributed by atoms with Gasteiger partial charge in [0.1, 0.15) is 0 Å². The molecule has 66 valence electrons. The number of hydrogen-bond donors (Lipinski definition) is 0. The minimum Gasteiger partial charge on any atom is -0.381 e. The van der Waals surface area contributed by atoms with Crippen molar-refractivity contribution in [1.29, 1.82) is 0 Å². The zero-order valence-corrected chi connectivity index (χ0v) is 7.41. The van der Waals surface area contributed by atoms with Gasteiger partial charge in [0, 0.05) is 13.2 Å². The summed E-state index contributed by atoms with van der Waals surface area (Å²) in [6, 6.07) is 0. The van der Waals surface area contributed by atoms with Crippen LogP contribution in [0, 0.1) is 11.8 Å². The maximum absolute atomic E-state index is 5.36. The monoisotopic (exact) mass is 164 g/mol. The van der Waals surface area contributed by atoms with Crippen molar-refractivity contribution in [2.45, 2.75) is 19.3 Å². The van der Waals surface area contributed by atoms with Crippen LogP contribution in [-0.4, -0.2) is 13.2 Å². The van der Waals surface area contributed by atoms with Crippen LogP contribution in [0.5, 0.6) is 0 Å². The second-order valence-electron chi connectivity index (χ2n) is 3.77. The number of ether oxygens (including phenoxy) is 1. The normalized spacial score (nSPS) is 34.3. The van der Waals surface area contributed by atoms with Gasteiger partial charge in [-0.3, -0.25) is 0 Å². The van der Waals surface area contributed by atoms with E-state index in [4.69, 9.17) is 4.74 Å². The standard InChI is InChI=1S/C11H16O/c1-2-4-10(5-3-1)8-11-6-7-12-9-11/h1-4,10-11H,5-9H2. The summed E-state index contributed by atoms with van der Waals surface area (Å²) in [5, 5.41) is 0. The van der Waals surface area contributed by atoms with E-state index in [1.54, 1.807) is 0 Å². The maximum Gasteiger partial charge on any atom is 0.0495 e. The highest BCUT2D eigenvalue weighted by molar-refractivity contribution is 5.10. The molecule has 2 unspecified atom stereocenters.